The normalized spacial score (nSPS) is 22.7. The molecule has 1 atom stereocenters. The number of hydrogen-bond donors (Lipinski definition) is 0. The van der Waals surface area contributed by atoms with E-state index in [2.05, 4.69) is 16.8 Å². The smallest absolute Gasteiger partial charge is 0.284 e. The zero-order valence-corrected chi connectivity index (χ0v) is 18.0. The fraction of sp³-hybridized carbons (Fsp3) is 0.318. The van der Waals surface area contributed by atoms with Crippen molar-refractivity contribution in [3.63, 3.8) is 0 Å². The van der Waals surface area contributed by atoms with Crippen LogP contribution in [0.25, 0.3) is 5.57 Å². The number of benzene rings is 1. The number of thiocarbonyl (C=S) groups is 1. The number of halogens is 1. The molecule has 1 fully saturated rings. The van der Waals surface area contributed by atoms with Crippen molar-refractivity contribution < 1.29 is 4.79 Å². The Hall–Kier alpha value is -1.69. The Morgan fingerprint density at radius 2 is 1.93 bits per heavy atom. The molecule has 2 heterocycles. The molecular weight excluding hydrogens is 408 g/mol. The highest BCUT2D eigenvalue weighted by Gasteiger charge is 2.33. The van der Waals surface area contributed by atoms with Crippen molar-refractivity contribution in [1.29, 1.82) is 0 Å². The SMILES string of the molecule is CC1CCN(C(=S)SC2=C(c3ccccc3)C3C=C(Cl)C=CC3=NC2=O)CC1. The molecule has 0 saturated carbocycles. The Labute approximate surface area is 180 Å². The van der Waals surface area contributed by atoms with Gasteiger partial charge >= 0.3 is 0 Å². The van der Waals surface area contributed by atoms with Crippen molar-refractivity contribution >= 4 is 57.1 Å². The molecule has 0 radical (unpaired) electrons. The van der Waals surface area contributed by atoms with Crippen LogP contribution < -0.4 is 0 Å². The molecule has 3 aliphatic rings. The first-order chi connectivity index (χ1) is 13.5. The van der Waals surface area contributed by atoms with E-state index in [4.69, 9.17) is 23.8 Å². The fourth-order valence-corrected chi connectivity index (χ4v) is 5.30. The van der Waals surface area contributed by atoms with Crippen molar-refractivity contribution in [3.8, 4) is 0 Å². The molecule has 2 aliphatic heterocycles. The molecule has 0 aromatic heterocycles. The zero-order valence-electron chi connectivity index (χ0n) is 15.6. The van der Waals surface area contributed by atoms with Gasteiger partial charge in [-0.25, -0.2) is 4.99 Å². The number of carbonyl (C=O) groups excluding carboxylic acids is 1. The minimum atomic E-state index is -0.223. The summed E-state index contributed by atoms with van der Waals surface area (Å²) in [5, 5.41) is 0.656. The second-order valence-corrected chi connectivity index (χ2v) is 9.43. The lowest BCUT2D eigenvalue weighted by atomic mass is 9.84. The van der Waals surface area contributed by atoms with Crippen molar-refractivity contribution in [2.45, 2.75) is 19.8 Å². The number of likely N-dealkylation sites (tertiary alicyclic amines) is 1. The molecule has 1 aromatic carbocycles. The fourth-order valence-electron chi connectivity index (χ4n) is 3.70. The number of amides is 1. The maximum Gasteiger partial charge on any atom is 0.284 e. The molecule has 1 unspecified atom stereocenters. The molecule has 0 N–H and O–H groups in total. The van der Waals surface area contributed by atoms with Gasteiger partial charge in [0.25, 0.3) is 5.91 Å². The van der Waals surface area contributed by atoms with E-state index in [1.54, 1.807) is 6.08 Å². The van der Waals surface area contributed by atoms with E-state index >= 15 is 0 Å². The summed E-state index contributed by atoms with van der Waals surface area (Å²) in [5.41, 5.74) is 2.67. The van der Waals surface area contributed by atoms with Crippen LogP contribution in [-0.4, -0.2) is 33.9 Å². The quantitative estimate of drug-likeness (QED) is 0.587. The number of rotatable bonds is 2. The summed E-state index contributed by atoms with van der Waals surface area (Å²) < 4.78 is 0.753. The standard InChI is InChI=1S/C22H21ClN2OS2/c1-14-9-11-25(12-10-14)22(27)28-20-19(15-5-3-2-4-6-15)17-13-16(23)7-8-18(17)24-21(20)26/h2-8,13-14,17H,9-12H2,1H3. The molecule has 0 spiro atoms. The van der Waals surface area contributed by atoms with Crippen LogP contribution in [0.5, 0.6) is 0 Å². The number of thioether (sulfide) groups is 1. The van der Waals surface area contributed by atoms with Crippen LogP contribution in [0.4, 0.5) is 0 Å². The first-order valence-electron chi connectivity index (χ1n) is 9.47. The van der Waals surface area contributed by atoms with Crippen LogP contribution in [0.1, 0.15) is 25.3 Å². The topological polar surface area (TPSA) is 32.7 Å². The Morgan fingerprint density at radius 3 is 2.64 bits per heavy atom. The van der Waals surface area contributed by atoms with Gasteiger partial charge in [-0.2, -0.15) is 0 Å². The minimum absolute atomic E-state index is 0.135. The van der Waals surface area contributed by atoms with Crippen LogP contribution in [-0.2, 0) is 4.79 Å². The third-order valence-electron chi connectivity index (χ3n) is 5.35. The van der Waals surface area contributed by atoms with Crippen LogP contribution >= 0.6 is 35.6 Å². The van der Waals surface area contributed by atoms with E-state index in [9.17, 15) is 4.79 Å². The molecule has 1 aliphatic carbocycles. The molecule has 3 nitrogen and oxygen atoms in total. The van der Waals surface area contributed by atoms with Gasteiger partial charge in [-0.15, -0.1) is 0 Å². The Kier molecular flexibility index (Phi) is 5.85. The van der Waals surface area contributed by atoms with Crippen LogP contribution in [0.3, 0.4) is 0 Å². The highest BCUT2D eigenvalue weighted by atomic mass is 35.5. The van der Waals surface area contributed by atoms with Gasteiger partial charge in [0.1, 0.15) is 4.32 Å². The Bertz CT molecular complexity index is 925. The van der Waals surface area contributed by atoms with E-state index in [0.717, 1.165) is 53.0 Å². The van der Waals surface area contributed by atoms with E-state index in [0.29, 0.717) is 9.94 Å². The van der Waals surface area contributed by atoms with Gasteiger partial charge in [0, 0.05) is 24.0 Å². The lowest BCUT2D eigenvalue weighted by molar-refractivity contribution is -0.113. The van der Waals surface area contributed by atoms with Gasteiger partial charge in [-0.3, -0.25) is 4.79 Å². The van der Waals surface area contributed by atoms with E-state index in [-0.39, 0.29) is 11.8 Å². The molecule has 1 amide bonds. The second kappa shape index (κ2) is 8.36. The summed E-state index contributed by atoms with van der Waals surface area (Å²) >= 11 is 13.4. The van der Waals surface area contributed by atoms with Crippen molar-refractivity contribution in [2.75, 3.05) is 13.1 Å². The summed E-state index contributed by atoms with van der Waals surface area (Å²) in [6.07, 6.45) is 7.84. The molecule has 0 bridgehead atoms. The minimum Gasteiger partial charge on any atom is -0.357 e. The Morgan fingerprint density at radius 1 is 1.21 bits per heavy atom. The number of nitrogens with zero attached hydrogens (tertiary/aromatic N) is 2. The van der Waals surface area contributed by atoms with E-state index in [1.165, 1.54) is 11.8 Å². The summed E-state index contributed by atoms with van der Waals surface area (Å²) in [6, 6.07) is 9.99. The highest BCUT2D eigenvalue weighted by Crippen LogP contribution is 2.41. The van der Waals surface area contributed by atoms with Gasteiger partial charge in [0.2, 0.25) is 0 Å². The van der Waals surface area contributed by atoms with Crippen LogP contribution in [0, 0.1) is 11.8 Å². The summed E-state index contributed by atoms with van der Waals surface area (Å²) in [7, 11) is 0. The van der Waals surface area contributed by atoms with Gasteiger partial charge < -0.3 is 4.90 Å². The number of piperidine rings is 1. The lowest BCUT2D eigenvalue weighted by Gasteiger charge is -2.33. The van der Waals surface area contributed by atoms with Gasteiger partial charge in [0.05, 0.1) is 10.6 Å². The average molecular weight is 429 g/mol. The van der Waals surface area contributed by atoms with Crippen LogP contribution in [0.15, 0.2) is 63.5 Å². The number of fused-ring (bicyclic) bond motifs is 1. The number of carbonyl (C=O) groups is 1. The van der Waals surface area contributed by atoms with Crippen molar-refractivity contribution in [2.24, 2.45) is 16.8 Å². The predicted octanol–water partition coefficient (Wildman–Crippen LogP) is 5.44. The molecule has 1 saturated heterocycles. The summed E-state index contributed by atoms with van der Waals surface area (Å²) in [5.74, 6) is 0.371. The predicted molar refractivity (Wildman–Crippen MR) is 123 cm³/mol. The molecule has 1 aromatic rings. The van der Waals surface area contributed by atoms with Gasteiger partial charge in [-0.05, 0) is 42.0 Å². The van der Waals surface area contributed by atoms with Gasteiger partial charge in [0.15, 0.2) is 0 Å². The van der Waals surface area contributed by atoms with Crippen molar-refractivity contribution in [1.82, 2.24) is 4.90 Å². The molecule has 28 heavy (non-hydrogen) atoms. The lowest BCUT2D eigenvalue weighted by Crippen LogP contribution is -2.36. The monoisotopic (exact) mass is 428 g/mol. The largest absolute Gasteiger partial charge is 0.357 e. The third-order valence-corrected chi connectivity index (χ3v) is 7.15. The summed E-state index contributed by atoms with van der Waals surface area (Å²) in [6.45, 7) is 4.17. The molecule has 6 heteroatoms. The van der Waals surface area contributed by atoms with Crippen molar-refractivity contribution in [3.05, 3.63) is 64.1 Å². The van der Waals surface area contributed by atoms with Crippen LogP contribution in [0.2, 0.25) is 0 Å². The second-order valence-electron chi connectivity index (χ2n) is 7.35. The zero-order chi connectivity index (χ0) is 19.7. The first kappa shape index (κ1) is 19.6. The molecule has 4 rings (SSSR count). The average Bonchev–Trinajstić information content (AvgIpc) is 2.70. The maximum absolute atomic E-state index is 13.0. The molecular formula is C22H21ClN2OS2. The third kappa shape index (κ3) is 4.02. The maximum atomic E-state index is 13.0. The summed E-state index contributed by atoms with van der Waals surface area (Å²) in [4.78, 5) is 20.1. The van der Waals surface area contributed by atoms with E-state index in [1.807, 2.05) is 42.5 Å². The number of hydrogen-bond acceptors (Lipinski definition) is 3. The first-order valence-corrected chi connectivity index (χ1v) is 11.1. The highest BCUT2D eigenvalue weighted by molar-refractivity contribution is 8.26. The number of aliphatic imine (C=N–C) groups is 1. The van der Waals surface area contributed by atoms with Gasteiger partial charge in [-0.1, -0.05) is 78.9 Å². The number of dihydropyridines is 1. The van der Waals surface area contributed by atoms with E-state index < -0.39 is 0 Å². The number of allylic oxidation sites excluding steroid dienone is 5. The molecule has 144 valence electrons. The Balaban J connectivity index is 1.71.